The molecule has 182 valence electrons. The molecule has 4 heterocycles. The first kappa shape index (κ1) is 22.8. The van der Waals surface area contributed by atoms with Crippen molar-refractivity contribution >= 4 is 22.8 Å². The molecular weight excluding hydrogens is 474 g/mol. The maximum absolute atomic E-state index is 9.04. The molecule has 9 heteroatoms. The number of fused-ring (bicyclic) bond motifs is 1. The van der Waals surface area contributed by atoms with Crippen molar-refractivity contribution < 1.29 is 0 Å². The van der Waals surface area contributed by atoms with E-state index in [9.17, 15) is 0 Å². The molecule has 0 radical (unpaired) electrons. The first-order valence-corrected chi connectivity index (χ1v) is 11.9. The van der Waals surface area contributed by atoms with Gasteiger partial charge in [0.2, 0.25) is 0 Å². The molecule has 0 saturated heterocycles. The van der Waals surface area contributed by atoms with E-state index in [1.807, 2.05) is 89.5 Å². The summed E-state index contributed by atoms with van der Waals surface area (Å²) in [5.74, 6) is 1.60. The maximum Gasteiger partial charge on any atom is 0.165 e. The Hall–Kier alpha value is -5.62. The third kappa shape index (κ3) is 4.38. The van der Waals surface area contributed by atoms with Gasteiger partial charge < -0.3 is 11.1 Å². The van der Waals surface area contributed by atoms with Crippen LogP contribution in [0.4, 0.5) is 11.6 Å². The van der Waals surface area contributed by atoms with Crippen LogP contribution in [0.5, 0.6) is 0 Å². The SMILES string of the molecule is N#Cc1cncc(NCc2ccc(-n3c(-c4cccnc4N)nc4ccc(-c5ccccc5)nc43)cc2)n1. The standard InChI is InChI=1S/C29H21N9/c30-15-21-17-32-18-26(35-21)34-16-19-8-10-22(11-9-19)38-28(23-7-4-14-33-27(23)31)37-25-13-12-24(36-29(25)38)20-5-2-1-3-6-20/h1-14,17-18H,16H2,(H2,31,33)(H,34,35). The molecular formula is C29H21N9. The van der Waals surface area contributed by atoms with Gasteiger partial charge in [-0.25, -0.2) is 19.9 Å². The molecule has 38 heavy (non-hydrogen) atoms. The molecule has 0 bridgehead atoms. The van der Waals surface area contributed by atoms with E-state index in [0.29, 0.717) is 24.0 Å². The van der Waals surface area contributed by atoms with Gasteiger partial charge in [0.25, 0.3) is 0 Å². The Morgan fingerprint density at radius 1 is 0.868 bits per heavy atom. The van der Waals surface area contributed by atoms with Gasteiger partial charge >= 0.3 is 0 Å². The molecule has 0 unspecified atom stereocenters. The van der Waals surface area contributed by atoms with Crippen LogP contribution in [0.2, 0.25) is 0 Å². The van der Waals surface area contributed by atoms with Gasteiger partial charge in [0.05, 0.1) is 23.7 Å². The lowest BCUT2D eigenvalue weighted by Crippen LogP contribution is -2.04. The fourth-order valence-electron chi connectivity index (χ4n) is 4.22. The predicted octanol–water partition coefficient (Wildman–Crippen LogP) is 5.01. The van der Waals surface area contributed by atoms with Gasteiger partial charge in [-0.05, 0) is 42.0 Å². The van der Waals surface area contributed by atoms with Gasteiger partial charge in [-0.3, -0.25) is 9.55 Å². The number of nitrogens with zero attached hydrogens (tertiary/aromatic N) is 7. The van der Waals surface area contributed by atoms with Gasteiger partial charge in [-0.2, -0.15) is 5.26 Å². The summed E-state index contributed by atoms with van der Waals surface area (Å²) >= 11 is 0. The van der Waals surface area contributed by atoms with Gasteiger partial charge in [0.15, 0.2) is 17.2 Å². The number of benzene rings is 2. The van der Waals surface area contributed by atoms with Crippen LogP contribution in [0.25, 0.3) is 39.5 Å². The van der Waals surface area contributed by atoms with E-state index in [-0.39, 0.29) is 5.69 Å². The van der Waals surface area contributed by atoms with E-state index in [4.69, 9.17) is 21.0 Å². The molecule has 0 atom stereocenters. The van der Waals surface area contributed by atoms with Crippen LogP contribution in [-0.4, -0.2) is 29.5 Å². The van der Waals surface area contributed by atoms with Crippen LogP contribution >= 0.6 is 0 Å². The quantitative estimate of drug-likeness (QED) is 0.330. The second kappa shape index (κ2) is 9.79. The molecule has 6 rings (SSSR count). The van der Waals surface area contributed by atoms with E-state index in [1.165, 1.54) is 6.20 Å². The zero-order valence-electron chi connectivity index (χ0n) is 20.2. The number of hydrogen-bond donors (Lipinski definition) is 2. The fraction of sp³-hybridized carbons (Fsp3) is 0.0345. The third-order valence-corrected chi connectivity index (χ3v) is 6.07. The van der Waals surface area contributed by atoms with Crippen LogP contribution in [0.3, 0.4) is 0 Å². The summed E-state index contributed by atoms with van der Waals surface area (Å²) in [6, 6.07) is 27.8. The van der Waals surface area contributed by atoms with Crippen LogP contribution in [0, 0.1) is 11.3 Å². The molecule has 4 aromatic heterocycles. The minimum Gasteiger partial charge on any atom is -0.383 e. The van der Waals surface area contributed by atoms with Crippen molar-refractivity contribution in [3.63, 3.8) is 0 Å². The highest BCUT2D eigenvalue weighted by Crippen LogP contribution is 2.31. The molecule has 0 amide bonds. The summed E-state index contributed by atoms with van der Waals surface area (Å²) in [6.07, 6.45) is 4.68. The summed E-state index contributed by atoms with van der Waals surface area (Å²) in [4.78, 5) is 22.4. The Morgan fingerprint density at radius 3 is 2.50 bits per heavy atom. The monoisotopic (exact) mass is 495 g/mol. The molecule has 0 saturated carbocycles. The minimum atomic E-state index is 0.266. The van der Waals surface area contributed by atoms with Gasteiger partial charge in [0.1, 0.15) is 23.2 Å². The zero-order valence-corrected chi connectivity index (χ0v) is 20.2. The van der Waals surface area contributed by atoms with E-state index in [2.05, 4.69) is 20.3 Å². The Kier molecular flexibility index (Phi) is 5.88. The summed E-state index contributed by atoms with van der Waals surface area (Å²) in [5.41, 5.74) is 12.5. The molecule has 0 spiro atoms. The van der Waals surface area contributed by atoms with Gasteiger partial charge in [0, 0.05) is 24.0 Å². The summed E-state index contributed by atoms with van der Waals surface area (Å²) in [7, 11) is 0. The lowest BCUT2D eigenvalue weighted by Gasteiger charge is -2.12. The number of rotatable bonds is 6. The molecule has 0 aliphatic heterocycles. The number of nitrogens with one attached hydrogen (secondary N) is 1. The normalized spacial score (nSPS) is 10.8. The van der Waals surface area contributed by atoms with Crippen molar-refractivity contribution in [2.24, 2.45) is 0 Å². The van der Waals surface area contributed by atoms with E-state index < -0.39 is 0 Å². The molecule has 2 aromatic carbocycles. The third-order valence-electron chi connectivity index (χ3n) is 6.07. The number of nitriles is 1. The van der Waals surface area contributed by atoms with Crippen LogP contribution in [-0.2, 0) is 6.54 Å². The highest BCUT2D eigenvalue weighted by Gasteiger charge is 2.18. The summed E-state index contributed by atoms with van der Waals surface area (Å²) in [5, 5.41) is 12.3. The van der Waals surface area contributed by atoms with Crippen LogP contribution in [0.1, 0.15) is 11.3 Å². The lowest BCUT2D eigenvalue weighted by molar-refractivity contribution is 1.05. The second-order valence-electron chi connectivity index (χ2n) is 8.53. The van der Waals surface area contributed by atoms with Crippen LogP contribution in [0.15, 0.2) is 97.5 Å². The van der Waals surface area contributed by atoms with Crippen molar-refractivity contribution in [2.75, 3.05) is 11.1 Å². The smallest absolute Gasteiger partial charge is 0.165 e. The van der Waals surface area contributed by atoms with Crippen molar-refractivity contribution in [3.8, 4) is 34.4 Å². The number of hydrogen-bond acceptors (Lipinski definition) is 8. The molecule has 0 aliphatic rings. The number of nitrogen functional groups attached to an aromatic ring is 1. The number of pyridine rings is 2. The highest BCUT2D eigenvalue weighted by atomic mass is 15.1. The second-order valence-corrected chi connectivity index (χ2v) is 8.53. The summed E-state index contributed by atoms with van der Waals surface area (Å²) in [6.45, 7) is 0.521. The maximum atomic E-state index is 9.04. The number of nitrogens with two attached hydrogens (primary N) is 1. The highest BCUT2D eigenvalue weighted by molar-refractivity contribution is 5.84. The molecule has 0 aliphatic carbocycles. The minimum absolute atomic E-state index is 0.266. The fourth-order valence-corrected chi connectivity index (χ4v) is 4.22. The number of anilines is 2. The number of imidazole rings is 1. The molecule has 6 aromatic rings. The van der Waals surface area contributed by atoms with Crippen molar-refractivity contribution in [2.45, 2.75) is 6.54 Å². The predicted molar refractivity (Wildman–Crippen MR) is 146 cm³/mol. The number of aromatic nitrogens is 6. The Morgan fingerprint density at radius 2 is 1.71 bits per heavy atom. The van der Waals surface area contributed by atoms with E-state index in [0.717, 1.165) is 39.2 Å². The van der Waals surface area contributed by atoms with Crippen molar-refractivity contribution in [1.29, 1.82) is 5.26 Å². The van der Waals surface area contributed by atoms with E-state index >= 15 is 0 Å². The zero-order chi connectivity index (χ0) is 25.9. The van der Waals surface area contributed by atoms with Crippen molar-refractivity contribution in [3.05, 3.63) is 109 Å². The molecule has 0 fully saturated rings. The lowest BCUT2D eigenvalue weighted by atomic mass is 10.1. The average molecular weight is 496 g/mol. The topological polar surface area (TPSA) is 131 Å². The van der Waals surface area contributed by atoms with Gasteiger partial charge in [-0.15, -0.1) is 0 Å². The first-order chi connectivity index (χ1) is 18.7. The Labute approximate surface area is 218 Å². The first-order valence-electron chi connectivity index (χ1n) is 11.9. The average Bonchev–Trinajstić information content (AvgIpc) is 3.35. The Bertz CT molecular complexity index is 1790. The summed E-state index contributed by atoms with van der Waals surface area (Å²) < 4.78 is 2.01. The molecule has 9 nitrogen and oxygen atoms in total. The molecule has 3 N–H and O–H groups in total. The van der Waals surface area contributed by atoms with E-state index in [1.54, 1.807) is 12.4 Å². The largest absolute Gasteiger partial charge is 0.383 e. The van der Waals surface area contributed by atoms with Crippen molar-refractivity contribution in [1.82, 2.24) is 29.5 Å². The van der Waals surface area contributed by atoms with Crippen LogP contribution < -0.4 is 11.1 Å². The Balaban J connectivity index is 1.41. The van der Waals surface area contributed by atoms with Gasteiger partial charge in [-0.1, -0.05) is 42.5 Å².